The van der Waals surface area contributed by atoms with Crippen molar-refractivity contribution < 1.29 is 4.79 Å². The number of halogens is 2. The summed E-state index contributed by atoms with van der Waals surface area (Å²) < 4.78 is 1.95. The van der Waals surface area contributed by atoms with Crippen molar-refractivity contribution >= 4 is 51.8 Å². The van der Waals surface area contributed by atoms with E-state index in [1.54, 1.807) is 24.3 Å². The van der Waals surface area contributed by atoms with Crippen LogP contribution in [0, 0.1) is 11.3 Å². The van der Waals surface area contributed by atoms with Crippen LogP contribution in [0.15, 0.2) is 54.2 Å². The molecule has 6 heteroatoms. The second-order valence-electron chi connectivity index (χ2n) is 5.44. The van der Waals surface area contributed by atoms with Gasteiger partial charge < -0.3 is 9.88 Å². The molecular weight excluding hydrogens is 357 g/mol. The second-order valence-corrected chi connectivity index (χ2v) is 6.22. The highest BCUT2D eigenvalue weighted by atomic mass is 35.5. The number of aromatic nitrogens is 1. The standard InChI is InChI=1S/C19H13Cl2N3O/c1-24-11-13(14-5-2-3-8-17(14)24)9-12(10-22)19(25)23-16-7-4-6-15(20)18(16)21/h2-9,11H,1H3,(H,23,25). The van der Waals surface area contributed by atoms with Crippen LogP contribution in [0.4, 0.5) is 5.69 Å². The Morgan fingerprint density at radius 1 is 1.20 bits per heavy atom. The molecule has 0 atom stereocenters. The Bertz CT molecular complexity index is 1040. The van der Waals surface area contributed by atoms with Gasteiger partial charge in [0.1, 0.15) is 11.6 Å². The lowest BCUT2D eigenvalue weighted by Crippen LogP contribution is -2.13. The van der Waals surface area contributed by atoms with E-state index in [0.717, 1.165) is 16.5 Å². The van der Waals surface area contributed by atoms with Gasteiger partial charge in [0, 0.05) is 29.7 Å². The van der Waals surface area contributed by atoms with Crippen LogP contribution in [0.1, 0.15) is 5.56 Å². The SMILES string of the molecule is Cn1cc(C=C(C#N)C(=O)Nc2cccc(Cl)c2Cl)c2ccccc21. The summed E-state index contributed by atoms with van der Waals surface area (Å²) in [5, 5.41) is 13.5. The molecule has 1 N–H and O–H groups in total. The van der Waals surface area contributed by atoms with Gasteiger partial charge >= 0.3 is 0 Å². The van der Waals surface area contributed by atoms with Crippen LogP contribution < -0.4 is 5.32 Å². The predicted octanol–water partition coefficient (Wildman–Crippen LogP) is 5.03. The van der Waals surface area contributed by atoms with Gasteiger partial charge in [0.25, 0.3) is 5.91 Å². The summed E-state index contributed by atoms with van der Waals surface area (Å²) in [6, 6.07) is 14.6. The molecule has 3 rings (SSSR count). The molecular formula is C19H13Cl2N3O. The molecule has 0 saturated carbocycles. The number of nitrogens with one attached hydrogen (secondary N) is 1. The number of benzene rings is 2. The van der Waals surface area contributed by atoms with Crippen LogP contribution in [0.3, 0.4) is 0 Å². The zero-order chi connectivity index (χ0) is 18.0. The lowest BCUT2D eigenvalue weighted by molar-refractivity contribution is -0.112. The van der Waals surface area contributed by atoms with Crippen molar-refractivity contribution in [1.82, 2.24) is 4.57 Å². The van der Waals surface area contributed by atoms with Crippen LogP contribution in [0.2, 0.25) is 10.0 Å². The number of anilines is 1. The summed E-state index contributed by atoms with van der Waals surface area (Å²) in [6.07, 6.45) is 3.44. The molecule has 3 aromatic rings. The number of carbonyl (C=O) groups excluding carboxylic acids is 1. The molecule has 0 aliphatic rings. The molecule has 1 aromatic heterocycles. The fraction of sp³-hybridized carbons (Fsp3) is 0.0526. The molecule has 0 radical (unpaired) electrons. The van der Waals surface area contributed by atoms with Gasteiger partial charge in [-0.2, -0.15) is 5.26 Å². The maximum atomic E-state index is 12.4. The van der Waals surface area contributed by atoms with Crippen molar-refractivity contribution in [1.29, 1.82) is 5.26 Å². The van der Waals surface area contributed by atoms with Crippen molar-refractivity contribution in [2.75, 3.05) is 5.32 Å². The van der Waals surface area contributed by atoms with Crippen LogP contribution in [-0.4, -0.2) is 10.5 Å². The average molecular weight is 370 g/mol. The number of rotatable bonds is 3. The first kappa shape index (κ1) is 17.1. The van der Waals surface area contributed by atoms with Gasteiger partial charge in [0.2, 0.25) is 0 Å². The highest BCUT2D eigenvalue weighted by Gasteiger charge is 2.14. The van der Waals surface area contributed by atoms with E-state index >= 15 is 0 Å². The molecule has 0 spiro atoms. The van der Waals surface area contributed by atoms with E-state index in [4.69, 9.17) is 23.2 Å². The molecule has 0 saturated heterocycles. The highest BCUT2D eigenvalue weighted by molar-refractivity contribution is 6.44. The third-order valence-corrected chi connectivity index (χ3v) is 4.61. The van der Waals surface area contributed by atoms with E-state index in [1.165, 1.54) is 0 Å². The Kier molecular flexibility index (Phi) is 4.80. The van der Waals surface area contributed by atoms with Gasteiger partial charge in [-0.25, -0.2) is 0 Å². The van der Waals surface area contributed by atoms with Crippen molar-refractivity contribution in [2.45, 2.75) is 0 Å². The zero-order valence-corrected chi connectivity index (χ0v) is 14.8. The van der Waals surface area contributed by atoms with Crippen LogP contribution >= 0.6 is 23.2 Å². The maximum Gasteiger partial charge on any atom is 0.266 e. The largest absolute Gasteiger partial charge is 0.350 e. The summed E-state index contributed by atoms with van der Waals surface area (Å²) in [5.74, 6) is -0.542. The van der Waals surface area contributed by atoms with E-state index in [2.05, 4.69) is 5.32 Å². The number of hydrogen-bond acceptors (Lipinski definition) is 2. The van der Waals surface area contributed by atoms with Gasteiger partial charge in [0.05, 0.1) is 15.7 Å². The number of para-hydroxylation sites is 1. The molecule has 1 amide bonds. The Hall–Kier alpha value is -2.74. The molecule has 0 aliphatic carbocycles. The summed E-state index contributed by atoms with van der Waals surface area (Å²) in [5.41, 5.74) is 2.15. The first-order chi connectivity index (χ1) is 12.0. The average Bonchev–Trinajstić information content (AvgIpc) is 2.93. The summed E-state index contributed by atoms with van der Waals surface area (Å²) in [4.78, 5) is 12.4. The van der Waals surface area contributed by atoms with E-state index < -0.39 is 5.91 Å². The smallest absolute Gasteiger partial charge is 0.266 e. The molecule has 1 heterocycles. The molecule has 0 bridgehead atoms. The molecule has 25 heavy (non-hydrogen) atoms. The topological polar surface area (TPSA) is 57.8 Å². The van der Waals surface area contributed by atoms with Crippen LogP contribution in [-0.2, 0) is 11.8 Å². The van der Waals surface area contributed by atoms with Crippen LogP contribution in [0.5, 0.6) is 0 Å². The molecule has 0 aliphatic heterocycles. The Balaban J connectivity index is 1.96. The maximum absolute atomic E-state index is 12.4. The number of amides is 1. The number of nitrogens with zero attached hydrogens (tertiary/aromatic N) is 2. The van der Waals surface area contributed by atoms with E-state index in [-0.39, 0.29) is 10.6 Å². The number of carbonyl (C=O) groups is 1. The fourth-order valence-electron chi connectivity index (χ4n) is 2.58. The summed E-state index contributed by atoms with van der Waals surface area (Å²) in [7, 11) is 1.91. The Morgan fingerprint density at radius 3 is 2.72 bits per heavy atom. The Labute approximate surface area is 154 Å². The monoisotopic (exact) mass is 369 g/mol. The van der Waals surface area contributed by atoms with Gasteiger partial charge in [-0.15, -0.1) is 0 Å². The first-order valence-electron chi connectivity index (χ1n) is 7.42. The lowest BCUT2D eigenvalue weighted by Gasteiger charge is -2.07. The lowest BCUT2D eigenvalue weighted by atomic mass is 10.1. The Morgan fingerprint density at radius 2 is 1.96 bits per heavy atom. The number of aryl methyl sites for hydroxylation is 1. The predicted molar refractivity (Wildman–Crippen MR) is 102 cm³/mol. The molecule has 124 valence electrons. The minimum absolute atomic E-state index is 0.0209. The third-order valence-electron chi connectivity index (χ3n) is 3.79. The number of fused-ring (bicyclic) bond motifs is 1. The quantitative estimate of drug-likeness (QED) is 0.519. The van der Waals surface area contributed by atoms with Gasteiger partial charge in [-0.05, 0) is 24.3 Å². The highest BCUT2D eigenvalue weighted by Crippen LogP contribution is 2.30. The van der Waals surface area contributed by atoms with Crippen molar-refractivity contribution in [3.05, 3.63) is 69.8 Å². The number of nitriles is 1. The van der Waals surface area contributed by atoms with Gasteiger partial charge in [-0.3, -0.25) is 4.79 Å². The summed E-state index contributed by atoms with van der Waals surface area (Å²) in [6.45, 7) is 0. The van der Waals surface area contributed by atoms with E-state index in [1.807, 2.05) is 48.1 Å². The number of hydrogen-bond donors (Lipinski definition) is 1. The van der Waals surface area contributed by atoms with E-state index in [0.29, 0.717) is 10.7 Å². The van der Waals surface area contributed by atoms with Crippen molar-refractivity contribution in [3.63, 3.8) is 0 Å². The van der Waals surface area contributed by atoms with Crippen molar-refractivity contribution in [2.24, 2.45) is 7.05 Å². The van der Waals surface area contributed by atoms with Crippen LogP contribution in [0.25, 0.3) is 17.0 Å². The van der Waals surface area contributed by atoms with Gasteiger partial charge in [0.15, 0.2) is 0 Å². The summed E-state index contributed by atoms with van der Waals surface area (Å²) >= 11 is 12.0. The van der Waals surface area contributed by atoms with Gasteiger partial charge in [-0.1, -0.05) is 47.5 Å². The van der Waals surface area contributed by atoms with Crippen molar-refractivity contribution in [3.8, 4) is 6.07 Å². The minimum atomic E-state index is -0.542. The third kappa shape index (κ3) is 3.39. The molecule has 2 aromatic carbocycles. The molecule has 4 nitrogen and oxygen atoms in total. The van der Waals surface area contributed by atoms with E-state index in [9.17, 15) is 10.1 Å². The molecule has 0 unspecified atom stereocenters. The normalized spacial score (nSPS) is 11.4. The first-order valence-corrected chi connectivity index (χ1v) is 8.18. The zero-order valence-electron chi connectivity index (χ0n) is 13.3. The minimum Gasteiger partial charge on any atom is -0.350 e. The molecule has 0 fully saturated rings. The second kappa shape index (κ2) is 7.02. The fourth-order valence-corrected chi connectivity index (χ4v) is 2.93.